The summed E-state index contributed by atoms with van der Waals surface area (Å²) in [4.78, 5) is 20.7. The predicted octanol–water partition coefficient (Wildman–Crippen LogP) is 4.64. The molecule has 0 aliphatic carbocycles. The number of anilines is 1. The van der Waals surface area contributed by atoms with Crippen LogP contribution in [0.25, 0.3) is 11.3 Å². The molecular weight excluding hydrogens is 417 g/mol. The van der Waals surface area contributed by atoms with Gasteiger partial charge in [0.25, 0.3) is 0 Å². The van der Waals surface area contributed by atoms with Gasteiger partial charge in [-0.3, -0.25) is 4.79 Å². The Hall–Kier alpha value is -2.61. The quantitative estimate of drug-likeness (QED) is 0.492. The number of oxazole rings is 1. The molecule has 152 valence electrons. The molecule has 29 heavy (non-hydrogen) atoms. The third-order valence-corrected chi connectivity index (χ3v) is 4.44. The van der Waals surface area contributed by atoms with Gasteiger partial charge in [0.05, 0.1) is 17.8 Å². The zero-order chi connectivity index (χ0) is 20.6. The Morgan fingerprint density at radius 1 is 1.21 bits per heavy atom. The van der Waals surface area contributed by atoms with Gasteiger partial charge in [-0.1, -0.05) is 23.2 Å². The fourth-order valence-electron chi connectivity index (χ4n) is 2.50. The van der Waals surface area contributed by atoms with Gasteiger partial charge in [-0.05, 0) is 30.3 Å². The molecule has 1 aromatic carbocycles. The topological polar surface area (TPSA) is 86.5 Å². The monoisotopic (exact) mass is 435 g/mol. The van der Waals surface area contributed by atoms with E-state index in [0.29, 0.717) is 58.5 Å². The number of amides is 1. The summed E-state index contributed by atoms with van der Waals surface area (Å²) in [7, 11) is 1.58. The molecule has 9 heteroatoms. The maximum atomic E-state index is 12.3. The largest absolute Gasteiger partial charge is 0.474 e. The van der Waals surface area contributed by atoms with Crippen LogP contribution in [0, 0.1) is 0 Å². The number of methoxy groups -OCH3 is 1. The van der Waals surface area contributed by atoms with Gasteiger partial charge in [-0.2, -0.15) is 0 Å². The van der Waals surface area contributed by atoms with E-state index in [1.54, 1.807) is 49.8 Å². The number of hydrogen-bond acceptors (Lipinski definition) is 6. The average molecular weight is 436 g/mol. The van der Waals surface area contributed by atoms with E-state index >= 15 is 0 Å². The molecule has 2 heterocycles. The van der Waals surface area contributed by atoms with Crippen LogP contribution in [-0.4, -0.2) is 36.2 Å². The van der Waals surface area contributed by atoms with Crippen molar-refractivity contribution in [1.82, 2.24) is 9.97 Å². The summed E-state index contributed by atoms with van der Waals surface area (Å²) in [6.45, 7) is 0.761. The zero-order valence-corrected chi connectivity index (χ0v) is 17.2. The van der Waals surface area contributed by atoms with Crippen molar-refractivity contribution >= 4 is 34.8 Å². The van der Waals surface area contributed by atoms with E-state index in [9.17, 15) is 4.79 Å². The smallest absolute Gasteiger partial charge is 0.237 e. The molecule has 3 rings (SSSR count). The number of ether oxygens (including phenoxy) is 2. The Labute approximate surface area is 178 Å². The molecule has 0 aliphatic rings. The van der Waals surface area contributed by atoms with Crippen LogP contribution < -0.4 is 10.1 Å². The SMILES string of the molecule is COCCOc1ncccc1NC(=O)CCc1ncc(-c2ccc(Cl)cc2Cl)o1. The summed E-state index contributed by atoms with van der Waals surface area (Å²) in [5.41, 5.74) is 1.18. The summed E-state index contributed by atoms with van der Waals surface area (Å²) in [6.07, 6.45) is 3.68. The first-order valence-electron chi connectivity index (χ1n) is 8.83. The second kappa shape index (κ2) is 10.2. The first-order valence-corrected chi connectivity index (χ1v) is 9.59. The number of aryl methyl sites for hydroxylation is 1. The van der Waals surface area contributed by atoms with Gasteiger partial charge in [0.1, 0.15) is 12.3 Å². The summed E-state index contributed by atoms with van der Waals surface area (Å²) >= 11 is 12.1. The first-order chi connectivity index (χ1) is 14.1. The highest BCUT2D eigenvalue weighted by Gasteiger charge is 2.13. The minimum Gasteiger partial charge on any atom is -0.474 e. The molecule has 1 N–H and O–H groups in total. The van der Waals surface area contributed by atoms with Gasteiger partial charge >= 0.3 is 0 Å². The van der Waals surface area contributed by atoms with Gasteiger partial charge in [0.2, 0.25) is 11.8 Å². The number of nitrogens with one attached hydrogen (secondary N) is 1. The molecule has 0 radical (unpaired) electrons. The molecule has 0 aliphatic heterocycles. The second-order valence-corrected chi connectivity index (χ2v) is 6.83. The number of aromatic nitrogens is 2. The molecular formula is C20H19Cl2N3O4. The highest BCUT2D eigenvalue weighted by molar-refractivity contribution is 6.36. The van der Waals surface area contributed by atoms with Crippen LogP contribution in [0.5, 0.6) is 5.88 Å². The van der Waals surface area contributed by atoms with Crippen molar-refractivity contribution in [3.05, 3.63) is 58.7 Å². The van der Waals surface area contributed by atoms with Crippen LogP contribution in [0.15, 0.2) is 47.1 Å². The van der Waals surface area contributed by atoms with E-state index in [1.165, 1.54) is 0 Å². The summed E-state index contributed by atoms with van der Waals surface area (Å²) < 4.78 is 16.2. The number of pyridine rings is 1. The number of halogens is 2. The third-order valence-electron chi connectivity index (χ3n) is 3.89. The molecule has 0 atom stereocenters. The van der Waals surface area contributed by atoms with E-state index < -0.39 is 0 Å². The van der Waals surface area contributed by atoms with Crippen LogP contribution in [0.2, 0.25) is 10.0 Å². The highest BCUT2D eigenvalue weighted by atomic mass is 35.5. The molecule has 3 aromatic rings. The van der Waals surface area contributed by atoms with Crippen molar-refractivity contribution in [1.29, 1.82) is 0 Å². The highest BCUT2D eigenvalue weighted by Crippen LogP contribution is 2.31. The average Bonchev–Trinajstić information content (AvgIpc) is 3.16. The maximum Gasteiger partial charge on any atom is 0.237 e. The first kappa shape index (κ1) is 21.1. The van der Waals surface area contributed by atoms with Crippen molar-refractivity contribution in [2.45, 2.75) is 12.8 Å². The Balaban J connectivity index is 1.57. The number of hydrogen-bond donors (Lipinski definition) is 1. The Morgan fingerprint density at radius 2 is 2.07 bits per heavy atom. The summed E-state index contributed by atoms with van der Waals surface area (Å²) in [5, 5.41) is 3.80. The van der Waals surface area contributed by atoms with Crippen molar-refractivity contribution < 1.29 is 18.7 Å². The van der Waals surface area contributed by atoms with Gasteiger partial charge in [-0.25, -0.2) is 9.97 Å². The standard InChI is InChI=1S/C20H19Cl2N3O4/c1-27-9-10-28-20-16(3-2-8-23-20)25-18(26)6-7-19-24-12-17(29-19)14-5-4-13(21)11-15(14)22/h2-5,8,11-12H,6-7,9-10H2,1H3,(H,25,26). The van der Waals surface area contributed by atoms with Crippen molar-refractivity contribution in [3.63, 3.8) is 0 Å². The summed E-state index contributed by atoms with van der Waals surface area (Å²) in [5.74, 6) is 1.08. The Bertz CT molecular complexity index is 978. The number of carbonyl (C=O) groups is 1. The normalized spacial score (nSPS) is 10.7. The van der Waals surface area contributed by atoms with Crippen LogP contribution in [0.3, 0.4) is 0 Å². The van der Waals surface area contributed by atoms with E-state index in [0.717, 1.165) is 0 Å². The Morgan fingerprint density at radius 3 is 2.86 bits per heavy atom. The molecule has 0 fully saturated rings. The number of rotatable bonds is 9. The number of carbonyl (C=O) groups excluding carboxylic acids is 1. The van der Waals surface area contributed by atoms with Crippen LogP contribution in [0.4, 0.5) is 5.69 Å². The fraction of sp³-hybridized carbons (Fsp3) is 0.250. The molecule has 0 unspecified atom stereocenters. The number of benzene rings is 1. The molecule has 0 saturated carbocycles. The summed E-state index contributed by atoms with van der Waals surface area (Å²) in [6, 6.07) is 8.55. The number of nitrogens with zero attached hydrogens (tertiary/aromatic N) is 2. The lowest BCUT2D eigenvalue weighted by Gasteiger charge is -2.10. The van der Waals surface area contributed by atoms with Crippen molar-refractivity contribution in [2.24, 2.45) is 0 Å². The molecule has 1 amide bonds. The molecule has 7 nitrogen and oxygen atoms in total. The predicted molar refractivity (Wildman–Crippen MR) is 111 cm³/mol. The van der Waals surface area contributed by atoms with Gasteiger partial charge in [-0.15, -0.1) is 0 Å². The zero-order valence-electron chi connectivity index (χ0n) is 15.7. The van der Waals surface area contributed by atoms with E-state index in [4.69, 9.17) is 37.1 Å². The minimum atomic E-state index is -0.209. The molecule has 2 aromatic heterocycles. The lowest BCUT2D eigenvalue weighted by molar-refractivity contribution is -0.116. The lowest BCUT2D eigenvalue weighted by Crippen LogP contribution is -2.14. The van der Waals surface area contributed by atoms with Crippen molar-refractivity contribution in [2.75, 3.05) is 25.6 Å². The second-order valence-electron chi connectivity index (χ2n) is 5.99. The maximum absolute atomic E-state index is 12.3. The van der Waals surface area contributed by atoms with E-state index in [1.807, 2.05) is 0 Å². The molecule has 0 spiro atoms. The minimum absolute atomic E-state index is 0.181. The van der Waals surface area contributed by atoms with Crippen molar-refractivity contribution in [3.8, 4) is 17.2 Å². The van der Waals surface area contributed by atoms with Crippen LogP contribution >= 0.6 is 23.2 Å². The fourth-order valence-corrected chi connectivity index (χ4v) is 3.00. The van der Waals surface area contributed by atoms with E-state index in [-0.39, 0.29) is 12.3 Å². The molecule has 0 bridgehead atoms. The van der Waals surface area contributed by atoms with Crippen LogP contribution in [-0.2, 0) is 16.0 Å². The van der Waals surface area contributed by atoms with Gasteiger partial charge in [0, 0.05) is 36.7 Å². The third kappa shape index (κ3) is 5.93. The van der Waals surface area contributed by atoms with Gasteiger partial charge in [0.15, 0.2) is 11.7 Å². The van der Waals surface area contributed by atoms with Gasteiger partial charge < -0.3 is 19.2 Å². The van der Waals surface area contributed by atoms with E-state index in [2.05, 4.69) is 15.3 Å². The lowest BCUT2D eigenvalue weighted by atomic mass is 10.2. The van der Waals surface area contributed by atoms with Crippen LogP contribution in [0.1, 0.15) is 12.3 Å². The molecule has 0 saturated heterocycles. The Kier molecular flexibility index (Phi) is 7.46.